The van der Waals surface area contributed by atoms with E-state index in [0.29, 0.717) is 11.3 Å². The highest BCUT2D eigenvalue weighted by atomic mass is 35.5. The molecule has 0 saturated carbocycles. The highest BCUT2D eigenvalue weighted by molar-refractivity contribution is 6.31. The van der Waals surface area contributed by atoms with Gasteiger partial charge in [0.15, 0.2) is 5.82 Å². The minimum Gasteiger partial charge on any atom is -0.496 e. The second-order valence-corrected chi connectivity index (χ2v) is 5.67. The van der Waals surface area contributed by atoms with Crippen molar-refractivity contribution in [1.82, 2.24) is 4.98 Å². The molecule has 1 aromatic carbocycles. The average Bonchev–Trinajstić information content (AvgIpc) is 2.48. The second-order valence-electron chi connectivity index (χ2n) is 5.26. The van der Waals surface area contributed by atoms with Crippen LogP contribution in [-0.4, -0.2) is 24.2 Å². The van der Waals surface area contributed by atoms with Crippen LogP contribution in [0.5, 0.6) is 5.75 Å². The molecule has 0 saturated heterocycles. The lowest BCUT2D eigenvalue weighted by Crippen LogP contribution is -2.13. The molecule has 0 atom stereocenters. The van der Waals surface area contributed by atoms with Gasteiger partial charge in [0.2, 0.25) is 0 Å². The SMILES string of the molecule is COc1ccc(Cl)c(F)c1-c1cc(C)ncc1C(=O)OC(C)C. The molecular weight excluding hydrogens is 321 g/mol. The first-order chi connectivity index (χ1) is 10.8. The Bertz CT molecular complexity index is 747. The van der Waals surface area contributed by atoms with Gasteiger partial charge in [0.1, 0.15) is 5.75 Å². The summed E-state index contributed by atoms with van der Waals surface area (Å²) in [5.74, 6) is -0.963. The van der Waals surface area contributed by atoms with Crippen LogP contribution >= 0.6 is 11.6 Å². The van der Waals surface area contributed by atoms with E-state index >= 15 is 0 Å². The Morgan fingerprint density at radius 3 is 2.65 bits per heavy atom. The van der Waals surface area contributed by atoms with Gasteiger partial charge in [-0.3, -0.25) is 4.98 Å². The van der Waals surface area contributed by atoms with Gasteiger partial charge in [0.05, 0.1) is 29.4 Å². The van der Waals surface area contributed by atoms with Gasteiger partial charge in [-0.05, 0) is 39.0 Å². The summed E-state index contributed by atoms with van der Waals surface area (Å²) in [5, 5.41) is -0.0570. The Kier molecular flexibility index (Phi) is 5.21. The van der Waals surface area contributed by atoms with E-state index in [-0.39, 0.29) is 28.0 Å². The van der Waals surface area contributed by atoms with Crippen LogP contribution in [0.25, 0.3) is 11.1 Å². The standard InChI is InChI=1S/C17H17ClFNO3/c1-9(2)23-17(21)12-8-20-10(3)7-11(12)15-14(22-4)6-5-13(18)16(15)19/h5-9H,1-4H3. The third kappa shape index (κ3) is 3.62. The monoisotopic (exact) mass is 337 g/mol. The van der Waals surface area contributed by atoms with Crippen LogP contribution in [0.1, 0.15) is 29.9 Å². The zero-order chi connectivity index (χ0) is 17.1. The molecule has 1 aromatic heterocycles. The molecule has 1 heterocycles. The van der Waals surface area contributed by atoms with E-state index in [1.54, 1.807) is 32.9 Å². The van der Waals surface area contributed by atoms with Crippen LogP contribution in [0.2, 0.25) is 5.02 Å². The quantitative estimate of drug-likeness (QED) is 0.775. The van der Waals surface area contributed by atoms with Gasteiger partial charge in [0.25, 0.3) is 0 Å². The van der Waals surface area contributed by atoms with Gasteiger partial charge in [-0.2, -0.15) is 0 Å². The van der Waals surface area contributed by atoms with Crippen molar-refractivity contribution in [3.05, 3.63) is 46.5 Å². The molecule has 0 spiro atoms. The van der Waals surface area contributed by atoms with Crippen molar-refractivity contribution in [2.45, 2.75) is 26.9 Å². The molecule has 0 N–H and O–H groups in total. The molecule has 0 radical (unpaired) electrons. The average molecular weight is 338 g/mol. The molecule has 6 heteroatoms. The molecule has 0 amide bonds. The number of hydrogen-bond donors (Lipinski definition) is 0. The summed E-state index contributed by atoms with van der Waals surface area (Å²) >= 11 is 5.89. The molecular formula is C17H17ClFNO3. The zero-order valence-electron chi connectivity index (χ0n) is 13.3. The summed E-state index contributed by atoms with van der Waals surface area (Å²) in [4.78, 5) is 16.4. The lowest BCUT2D eigenvalue weighted by atomic mass is 9.99. The first-order valence-corrected chi connectivity index (χ1v) is 7.43. The second kappa shape index (κ2) is 6.96. The van der Waals surface area contributed by atoms with Crippen molar-refractivity contribution in [3.63, 3.8) is 0 Å². The van der Waals surface area contributed by atoms with Gasteiger partial charge in [0, 0.05) is 17.5 Å². The summed E-state index contributed by atoms with van der Waals surface area (Å²) in [7, 11) is 1.42. The maximum absolute atomic E-state index is 14.6. The number of rotatable bonds is 4. The Morgan fingerprint density at radius 2 is 2.04 bits per heavy atom. The third-order valence-corrected chi connectivity index (χ3v) is 3.44. The molecule has 0 unspecified atom stereocenters. The number of ether oxygens (including phenoxy) is 2. The topological polar surface area (TPSA) is 48.4 Å². The van der Waals surface area contributed by atoms with E-state index in [0.717, 1.165) is 0 Å². The smallest absolute Gasteiger partial charge is 0.340 e. The number of pyridine rings is 1. The Balaban J connectivity index is 2.71. The van der Waals surface area contributed by atoms with Crippen LogP contribution in [0.15, 0.2) is 24.4 Å². The molecule has 23 heavy (non-hydrogen) atoms. The van der Waals surface area contributed by atoms with Crippen LogP contribution < -0.4 is 4.74 Å². The lowest BCUT2D eigenvalue weighted by molar-refractivity contribution is 0.0378. The fourth-order valence-corrected chi connectivity index (χ4v) is 2.32. The maximum atomic E-state index is 14.6. The fourth-order valence-electron chi connectivity index (χ4n) is 2.16. The van der Waals surface area contributed by atoms with Crippen molar-refractivity contribution in [1.29, 1.82) is 0 Å². The van der Waals surface area contributed by atoms with Crippen LogP contribution in [0.3, 0.4) is 0 Å². The first-order valence-electron chi connectivity index (χ1n) is 7.05. The molecule has 0 aliphatic carbocycles. The number of esters is 1. The molecule has 0 aliphatic rings. The normalized spacial score (nSPS) is 10.7. The van der Waals surface area contributed by atoms with Crippen molar-refractivity contribution in [2.75, 3.05) is 7.11 Å². The maximum Gasteiger partial charge on any atom is 0.340 e. The van der Waals surface area contributed by atoms with Crippen molar-refractivity contribution >= 4 is 17.6 Å². The minimum absolute atomic E-state index is 0.0570. The van der Waals surface area contributed by atoms with E-state index < -0.39 is 11.8 Å². The number of halogens is 2. The lowest BCUT2D eigenvalue weighted by Gasteiger charge is -2.15. The number of carbonyl (C=O) groups excluding carboxylic acids is 1. The van der Waals surface area contributed by atoms with Crippen molar-refractivity contribution < 1.29 is 18.7 Å². The van der Waals surface area contributed by atoms with Gasteiger partial charge in [-0.15, -0.1) is 0 Å². The molecule has 2 rings (SSSR count). The van der Waals surface area contributed by atoms with Crippen molar-refractivity contribution in [2.24, 2.45) is 0 Å². The number of hydrogen-bond acceptors (Lipinski definition) is 4. The summed E-state index contributed by atoms with van der Waals surface area (Å²) < 4.78 is 25.0. The van der Waals surface area contributed by atoms with Gasteiger partial charge < -0.3 is 9.47 Å². The van der Waals surface area contributed by atoms with E-state index in [2.05, 4.69) is 4.98 Å². The number of methoxy groups -OCH3 is 1. The van der Waals surface area contributed by atoms with E-state index in [1.807, 2.05) is 0 Å². The summed E-state index contributed by atoms with van der Waals surface area (Å²) in [6, 6.07) is 4.56. The zero-order valence-corrected chi connectivity index (χ0v) is 14.1. The summed E-state index contributed by atoms with van der Waals surface area (Å²) in [6.07, 6.45) is 1.07. The van der Waals surface area contributed by atoms with E-state index in [1.165, 1.54) is 19.4 Å². The highest BCUT2D eigenvalue weighted by Crippen LogP contribution is 2.38. The first kappa shape index (κ1) is 17.2. The summed E-state index contributed by atoms with van der Waals surface area (Å²) in [6.45, 7) is 5.22. The van der Waals surface area contributed by atoms with Crippen LogP contribution in [0.4, 0.5) is 4.39 Å². The molecule has 0 bridgehead atoms. The predicted octanol–water partition coefficient (Wildman–Crippen LogP) is 4.42. The fraction of sp³-hybridized carbons (Fsp3) is 0.294. The number of benzene rings is 1. The Hall–Kier alpha value is -2.14. The highest BCUT2D eigenvalue weighted by Gasteiger charge is 2.23. The number of aromatic nitrogens is 1. The molecule has 4 nitrogen and oxygen atoms in total. The molecule has 0 fully saturated rings. The largest absolute Gasteiger partial charge is 0.496 e. The number of carbonyl (C=O) groups is 1. The van der Waals surface area contributed by atoms with E-state index in [4.69, 9.17) is 21.1 Å². The predicted molar refractivity (Wildman–Crippen MR) is 86.5 cm³/mol. The summed E-state index contributed by atoms with van der Waals surface area (Å²) in [5.41, 5.74) is 1.23. The van der Waals surface area contributed by atoms with E-state index in [9.17, 15) is 9.18 Å². The third-order valence-electron chi connectivity index (χ3n) is 3.15. The van der Waals surface area contributed by atoms with Crippen LogP contribution in [-0.2, 0) is 4.74 Å². The van der Waals surface area contributed by atoms with Crippen LogP contribution in [0, 0.1) is 12.7 Å². The van der Waals surface area contributed by atoms with Gasteiger partial charge >= 0.3 is 5.97 Å². The Morgan fingerprint density at radius 1 is 1.35 bits per heavy atom. The number of nitrogens with zero attached hydrogens (tertiary/aromatic N) is 1. The van der Waals surface area contributed by atoms with Gasteiger partial charge in [-0.25, -0.2) is 9.18 Å². The minimum atomic E-state index is -0.657. The molecule has 2 aromatic rings. The molecule has 122 valence electrons. The Labute approximate surface area is 139 Å². The molecule has 0 aliphatic heterocycles. The van der Waals surface area contributed by atoms with Crippen molar-refractivity contribution in [3.8, 4) is 16.9 Å². The number of aryl methyl sites for hydroxylation is 1. The van der Waals surface area contributed by atoms with Gasteiger partial charge in [-0.1, -0.05) is 11.6 Å².